The second-order valence-electron chi connectivity index (χ2n) is 2.53. The molecule has 1 rings (SSSR count). The van der Waals surface area contributed by atoms with Crippen LogP contribution in [-0.2, 0) is 21.7 Å². The molecule has 0 unspecified atom stereocenters. The van der Waals surface area contributed by atoms with Crippen LogP contribution < -0.4 is 0 Å². The Bertz CT molecular complexity index is 135. The monoisotopic (exact) mass is 381 g/mol. The summed E-state index contributed by atoms with van der Waals surface area (Å²) in [6, 6.07) is 0. The molecule has 0 aromatic heterocycles. The van der Waals surface area contributed by atoms with Crippen molar-refractivity contribution in [1.29, 1.82) is 0 Å². The molecule has 0 heterocycles. The standard InChI is InChI=1S/C6H14N.C5H5.4CH3.3ClH.Ti/c1-4-7(5-2)6-3;1-2-4-5-3-1;;;;;;;;/h1,4-6H2,2-3H3;1-3H,4H2;4*1H3;3*1H;/q6*-1;;;;. The third-order valence-corrected chi connectivity index (χ3v) is 1.80. The van der Waals surface area contributed by atoms with Gasteiger partial charge >= 0.3 is 0 Å². The van der Waals surface area contributed by atoms with E-state index in [4.69, 9.17) is 0 Å². The van der Waals surface area contributed by atoms with Crippen molar-refractivity contribution < 1.29 is 21.7 Å². The second kappa shape index (κ2) is 50.1. The summed E-state index contributed by atoms with van der Waals surface area (Å²) in [7, 11) is 0. The number of hydrogen-bond acceptors (Lipinski definition) is 1. The Labute approximate surface area is 164 Å². The average Bonchev–Trinajstić information content (AvgIpc) is 2.64. The smallest absolute Gasteiger partial charge is 0 e. The van der Waals surface area contributed by atoms with Gasteiger partial charge in [0.15, 0.2) is 0 Å². The fourth-order valence-electron chi connectivity index (χ4n) is 0.880. The fourth-order valence-corrected chi connectivity index (χ4v) is 0.880. The normalized spacial score (nSPS) is 8.00. The molecule has 0 saturated carbocycles. The van der Waals surface area contributed by atoms with E-state index in [0.29, 0.717) is 0 Å². The van der Waals surface area contributed by atoms with Gasteiger partial charge in [0.1, 0.15) is 0 Å². The van der Waals surface area contributed by atoms with Crippen molar-refractivity contribution in [3.8, 4) is 0 Å². The molecule has 0 spiro atoms. The Morgan fingerprint density at radius 1 is 1.00 bits per heavy atom. The van der Waals surface area contributed by atoms with Crippen molar-refractivity contribution in [2.75, 3.05) is 19.6 Å². The summed E-state index contributed by atoms with van der Waals surface area (Å²) in [5.41, 5.74) is 0. The van der Waals surface area contributed by atoms with Crippen LogP contribution in [0.2, 0.25) is 0 Å². The summed E-state index contributed by atoms with van der Waals surface area (Å²) >= 11 is 0. The zero-order valence-corrected chi connectivity index (χ0v) is 18.0. The van der Waals surface area contributed by atoms with Crippen LogP contribution in [0.5, 0.6) is 0 Å². The summed E-state index contributed by atoms with van der Waals surface area (Å²) in [5.74, 6) is 0. The predicted octanol–water partition coefficient (Wildman–Crippen LogP) is 5.53. The topological polar surface area (TPSA) is 3.24 Å². The summed E-state index contributed by atoms with van der Waals surface area (Å²) in [6.07, 6.45) is 10.0. The summed E-state index contributed by atoms with van der Waals surface area (Å²) in [5, 5.41) is 0. The Balaban J connectivity index is -0.0000000125. The number of allylic oxidation sites excluding steroid dienone is 4. The molecule has 0 aromatic carbocycles. The van der Waals surface area contributed by atoms with Crippen LogP contribution in [-0.4, -0.2) is 24.5 Å². The van der Waals surface area contributed by atoms with Crippen LogP contribution in [0, 0.1) is 42.7 Å². The number of nitrogens with zero attached hydrogens (tertiary/aromatic N) is 1. The predicted molar refractivity (Wildman–Crippen MR) is 102 cm³/mol. The van der Waals surface area contributed by atoms with Gasteiger partial charge in [0.05, 0.1) is 0 Å². The maximum Gasteiger partial charge on any atom is 0 e. The van der Waals surface area contributed by atoms with Crippen molar-refractivity contribution in [3.05, 3.63) is 60.9 Å². The third kappa shape index (κ3) is 42.7. The summed E-state index contributed by atoms with van der Waals surface area (Å²) in [6.45, 7) is 11.2. The van der Waals surface area contributed by atoms with Gasteiger partial charge in [-0.1, -0.05) is 13.8 Å². The van der Waals surface area contributed by atoms with Crippen LogP contribution in [0.4, 0.5) is 0 Å². The number of hydrogen-bond donors (Lipinski definition) is 0. The quantitative estimate of drug-likeness (QED) is 0.458. The second-order valence-corrected chi connectivity index (χ2v) is 2.53. The minimum absolute atomic E-state index is 0. The Morgan fingerprint density at radius 3 is 1.45 bits per heavy atom. The molecule has 0 radical (unpaired) electrons. The van der Waals surface area contributed by atoms with Gasteiger partial charge < -0.3 is 41.5 Å². The molecule has 0 N–H and O–H groups in total. The van der Waals surface area contributed by atoms with Gasteiger partial charge in [-0.2, -0.15) is 6.08 Å². The molecule has 5 heteroatoms. The van der Waals surface area contributed by atoms with Crippen LogP contribution in [0.1, 0.15) is 20.3 Å². The first-order chi connectivity index (χ1) is 5.85. The van der Waals surface area contributed by atoms with Crippen LogP contribution in [0.25, 0.3) is 0 Å². The van der Waals surface area contributed by atoms with Gasteiger partial charge in [-0.25, -0.2) is 12.2 Å². The Hall–Kier alpha value is 1.02. The van der Waals surface area contributed by atoms with Crippen LogP contribution in [0.15, 0.2) is 18.2 Å². The number of rotatable bonds is 3. The molecular formula is C15H34Cl3NTi-6. The van der Waals surface area contributed by atoms with E-state index in [0.717, 1.165) is 26.1 Å². The van der Waals surface area contributed by atoms with Crippen molar-refractivity contribution >= 4 is 37.2 Å². The molecule has 0 atom stereocenters. The van der Waals surface area contributed by atoms with E-state index < -0.39 is 0 Å². The summed E-state index contributed by atoms with van der Waals surface area (Å²) < 4.78 is 0. The van der Waals surface area contributed by atoms with Crippen molar-refractivity contribution in [3.63, 3.8) is 0 Å². The SMILES string of the molecule is Cl.Cl.Cl.[C-]1=CC=CC1.[CH2-]CN(CC)CC.[CH3-].[CH3-].[CH3-].[CH3-].[Ti]. The zero-order chi connectivity index (χ0) is 9.23. The van der Waals surface area contributed by atoms with Gasteiger partial charge in [-0.05, 0) is 13.1 Å². The minimum Gasteiger partial charge on any atom is -0.358 e. The molecule has 1 aliphatic carbocycles. The first-order valence-electron chi connectivity index (χ1n) is 4.58. The van der Waals surface area contributed by atoms with E-state index in [9.17, 15) is 0 Å². The largest absolute Gasteiger partial charge is 0.358 e. The molecular weight excluding hydrogens is 348 g/mol. The number of halogens is 3. The molecule has 1 nitrogen and oxygen atoms in total. The molecule has 0 aliphatic heterocycles. The molecule has 1 aliphatic rings. The van der Waals surface area contributed by atoms with Crippen molar-refractivity contribution in [1.82, 2.24) is 4.90 Å². The van der Waals surface area contributed by atoms with Crippen LogP contribution in [0.3, 0.4) is 0 Å². The maximum absolute atomic E-state index is 3.75. The van der Waals surface area contributed by atoms with Gasteiger partial charge in [-0.15, -0.1) is 50.2 Å². The van der Waals surface area contributed by atoms with Gasteiger partial charge in [0.2, 0.25) is 0 Å². The molecule has 0 fully saturated rings. The molecule has 0 saturated heterocycles. The van der Waals surface area contributed by atoms with E-state index in [2.05, 4.69) is 37.8 Å². The van der Waals surface area contributed by atoms with Crippen molar-refractivity contribution in [2.45, 2.75) is 20.3 Å². The molecule has 0 aromatic rings. The summed E-state index contributed by atoms with van der Waals surface area (Å²) in [4.78, 5) is 2.26. The molecule has 0 amide bonds. The zero-order valence-electron chi connectivity index (χ0n) is 13.9. The van der Waals surface area contributed by atoms with E-state index >= 15 is 0 Å². The Kier molecular flexibility index (Phi) is 146. The minimum atomic E-state index is 0. The van der Waals surface area contributed by atoms with E-state index in [1.807, 2.05) is 12.2 Å². The molecule has 130 valence electrons. The first kappa shape index (κ1) is 58.3. The first-order valence-corrected chi connectivity index (χ1v) is 4.58. The van der Waals surface area contributed by atoms with E-state index in [1.165, 1.54) is 0 Å². The Morgan fingerprint density at radius 2 is 1.40 bits per heavy atom. The maximum atomic E-state index is 3.75. The van der Waals surface area contributed by atoms with Crippen LogP contribution >= 0.6 is 37.2 Å². The van der Waals surface area contributed by atoms with Gasteiger partial charge in [-0.3, -0.25) is 6.08 Å². The fraction of sp³-hybridized carbons (Fsp3) is 0.400. The van der Waals surface area contributed by atoms with E-state index in [-0.39, 0.29) is 88.6 Å². The van der Waals surface area contributed by atoms with Gasteiger partial charge in [0, 0.05) is 21.7 Å². The third-order valence-electron chi connectivity index (χ3n) is 1.80. The van der Waals surface area contributed by atoms with E-state index in [1.54, 1.807) is 0 Å². The molecule has 20 heavy (non-hydrogen) atoms. The van der Waals surface area contributed by atoms with Gasteiger partial charge in [0.25, 0.3) is 0 Å². The average molecular weight is 383 g/mol. The molecule has 0 bridgehead atoms. The van der Waals surface area contributed by atoms with Crippen molar-refractivity contribution in [2.24, 2.45) is 0 Å².